The molecule has 1 atom stereocenters. The van der Waals surface area contributed by atoms with E-state index in [9.17, 15) is 9.18 Å². The third-order valence-corrected chi connectivity index (χ3v) is 3.73. The SMILES string of the molecule is O=C([C@@H]1CCCNC1)N1CCN(CCF)CC1. The number of halogens is 1. The summed E-state index contributed by atoms with van der Waals surface area (Å²) >= 11 is 0. The lowest BCUT2D eigenvalue weighted by Crippen LogP contribution is -2.52. The van der Waals surface area contributed by atoms with Gasteiger partial charge in [-0.3, -0.25) is 9.69 Å². The second-order valence-corrected chi connectivity index (χ2v) is 4.90. The van der Waals surface area contributed by atoms with Crippen LogP contribution in [-0.2, 0) is 4.79 Å². The Kier molecular flexibility index (Phi) is 4.74. The standard InChI is InChI=1S/C12H22FN3O/c13-3-5-15-6-8-16(9-7-15)12(17)11-2-1-4-14-10-11/h11,14H,1-10H2/t11-/m1/s1. The van der Waals surface area contributed by atoms with Gasteiger partial charge in [0, 0.05) is 39.3 Å². The highest BCUT2D eigenvalue weighted by atomic mass is 19.1. The zero-order chi connectivity index (χ0) is 12.1. The molecular formula is C12H22FN3O. The summed E-state index contributed by atoms with van der Waals surface area (Å²) in [5, 5.41) is 3.28. The van der Waals surface area contributed by atoms with E-state index in [1.807, 2.05) is 4.90 Å². The molecule has 0 aromatic rings. The summed E-state index contributed by atoms with van der Waals surface area (Å²) in [7, 11) is 0. The summed E-state index contributed by atoms with van der Waals surface area (Å²) in [4.78, 5) is 16.2. The fraction of sp³-hybridized carbons (Fsp3) is 0.917. The molecule has 17 heavy (non-hydrogen) atoms. The van der Waals surface area contributed by atoms with Gasteiger partial charge in [-0.25, -0.2) is 4.39 Å². The molecule has 2 saturated heterocycles. The molecule has 0 aromatic heterocycles. The van der Waals surface area contributed by atoms with Gasteiger partial charge in [0.25, 0.3) is 0 Å². The summed E-state index contributed by atoms with van der Waals surface area (Å²) in [5.41, 5.74) is 0. The van der Waals surface area contributed by atoms with Gasteiger partial charge in [-0.2, -0.15) is 0 Å². The Balaban J connectivity index is 1.77. The molecule has 0 unspecified atom stereocenters. The van der Waals surface area contributed by atoms with E-state index in [2.05, 4.69) is 10.2 Å². The lowest BCUT2D eigenvalue weighted by Gasteiger charge is -2.36. The zero-order valence-corrected chi connectivity index (χ0v) is 10.3. The Bertz CT molecular complexity index is 248. The van der Waals surface area contributed by atoms with Gasteiger partial charge >= 0.3 is 0 Å². The molecule has 1 amide bonds. The molecule has 2 aliphatic heterocycles. The fourth-order valence-corrected chi connectivity index (χ4v) is 2.63. The van der Waals surface area contributed by atoms with E-state index >= 15 is 0 Å². The Morgan fingerprint density at radius 2 is 2.06 bits per heavy atom. The predicted molar refractivity (Wildman–Crippen MR) is 64.6 cm³/mol. The van der Waals surface area contributed by atoms with Crippen LogP contribution in [0.1, 0.15) is 12.8 Å². The average Bonchev–Trinajstić information content (AvgIpc) is 2.40. The van der Waals surface area contributed by atoms with Crippen molar-refractivity contribution in [1.29, 1.82) is 0 Å². The van der Waals surface area contributed by atoms with Crippen LogP contribution in [0.15, 0.2) is 0 Å². The minimum Gasteiger partial charge on any atom is -0.340 e. The third kappa shape index (κ3) is 3.39. The van der Waals surface area contributed by atoms with E-state index in [-0.39, 0.29) is 18.5 Å². The van der Waals surface area contributed by atoms with Crippen LogP contribution in [-0.4, -0.2) is 68.2 Å². The van der Waals surface area contributed by atoms with Crippen LogP contribution in [0, 0.1) is 5.92 Å². The maximum atomic E-state index is 12.2. The molecule has 0 saturated carbocycles. The number of hydrogen-bond acceptors (Lipinski definition) is 3. The normalized spacial score (nSPS) is 27.1. The Morgan fingerprint density at radius 3 is 2.65 bits per heavy atom. The number of nitrogens with zero attached hydrogens (tertiary/aromatic N) is 2. The first-order valence-electron chi connectivity index (χ1n) is 6.59. The molecular weight excluding hydrogens is 221 g/mol. The minimum atomic E-state index is -0.291. The van der Waals surface area contributed by atoms with Crippen molar-refractivity contribution < 1.29 is 9.18 Å². The number of alkyl halides is 1. The Labute approximate surface area is 102 Å². The summed E-state index contributed by atoms with van der Waals surface area (Å²) in [6, 6.07) is 0. The van der Waals surface area contributed by atoms with Gasteiger partial charge in [0.1, 0.15) is 6.67 Å². The first-order chi connectivity index (χ1) is 8.31. The van der Waals surface area contributed by atoms with Gasteiger partial charge in [-0.1, -0.05) is 0 Å². The molecule has 2 fully saturated rings. The first-order valence-corrected chi connectivity index (χ1v) is 6.59. The molecule has 5 heteroatoms. The van der Waals surface area contributed by atoms with Gasteiger partial charge in [0.2, 0.25) is 5.91 Å². The van der Waals surface area contributed by atoms with Crippen LogP contribution in [0.4, 0.5) is 4.39 Å². The number of carbonyl (C=O) groups excluding carboxylic acids is 1. The van der Waals surface area contributed by atoms with E-state index in [1.54, 1.807) is 0 Å². The second-order valence-electron chi connectivity index (χ2n) is 4.90. The van der Waals surface area contributed by atoms with Crippen molar-refractivity contribution in [3.05, 3.63) is 0 Å². The molecule has 1 N–H and O–H groups in total. The summed E-state index contributed by atoms with van der Waals surface area (Å²) < 4.78 is 12.2. The molecule has 0 bridgehead atoms. The average molecular weight is 243 g/mol. The van der Waals surface area contributed by atoms with E-state index < -0.39 is 0 Å². The summed E-state index contributed by atoms with van der Waals surface area (Å²) in [6.07, 6.45) is 2.11. The number of carbonyl (C=O) groups is 1. The van der Waals surface area contributed by atoms with Crippen LogP contribution in [0.2, 0.25) is 0 Å². The molecule has 98 valence electrons. The lowest BCUT2D eigenvalue weighted by atomic mass is 9.98. The Hall–Kier alpha value is -0.680. The lowest BCUT2D eigenvalue weighted by molar-refractivity contribution is -0.137. The van der Waals surface area contributed by atoms with Crippen LogP contribution in [0.5, 0.6) is 0 Å². The number of piperazine rings is 1. The number of piperidine rings is 1. The van der Waals surface area contributed by atoms with Crippen LogP contribution in [0.3, 0.4) is 0 Å². The summed E-state index contributed by atoms with van der Waals surface area (Å²) in [6.45, 7) is 5.22. The van der Waals surface area contributed by atoms with Crippen molar-refractivity contribution >= 4 is 5.91 Å². The highest BCUT2D eigenvalue weighted by Gasteiger charge is 2.28. The van der Waals surface area contributed by atoms with Crippen molar-refractivity contribution in [1.82, 2.24) is 15.1 Å². The molecule has 2 rings (SSSR count). The van der Waals surface area contributed by atoms with Crippen molar-refractivity contribution in [2.75, 3.05) is 52.5 Å². The van der Waals surface area contributed by atoms with Gasteiger partial charge in [-0.05, 0) is 19.4 Å². The van der Waals surface area contributed by atoms with Crippen molar-refractivity contribution in [2.45, 2.75) is 12.8 Å². The van der Waals surface area contributed by atoms with Crippen molar-refractivity contribution in [3.63, 3.8) is 0 Å². The Morgan fingerprint density at radius 1 is 1.29 bits per heavy atom. The topological polar surface area (TPSA) is 35.6 Å². The molecule has 0 aromatic carbocycles. The molecule has 0 aliphatic carbocycles. The first kappa shape index (κ1) is 12.8. The molecule has 2 aliphatic rings. The van der Waals surface area contributed by atoms with Gasteiger partial charge in [0.05, 0.1) is 5.92 Å². The number of hydrogen-bond donors (Lipinski definition) is 1. The van der Waals surface area contributed by atoms with E-state index in [1.165, 1.54) is 0 Å². The summed E-state index contributed by atoms with van der Waals surface area (Å²) in [5.74, 6) is 0.452. The smallest absolute Gasteiger partial charge is 0.227 e. The van der Waals surface area contributed by atoms with Crippen molar-refractivity contribution in [3.8, 4) is 0 Å². The third-order valence-electron chi connectivity index (χ3n) is 3.73. The van der Waals surface area contributed by atoms with Gasteiger partial charge < -0.3 is 10.2 Å². The minimum absolute atomic E-state index is 0.163. The zero-order valence-electron chi connectivity index (χ0n) is 10.3. The second kappa shape index (κ2) is 6.31. The van der Waals surface area contributed by atoms with E-state index in [0.717, 1.165) is 52.1 Å². The van der Waals surface area contributed by atoms with Crippen LogP contribution < -0.4 is 5.32 Å². The van der Waals surface area contributed by atoms with Crippen LogP contribution >= 0.6 is 0 Å². The maximum Gasteiger partial charge on any atom is 0.227 e. The fourth-order valence-electron chi connectivity index (χ4n) is 2.63. The molecule has 0 spiro atoms. The number of amides is 1. The van der Waals surface area contributed by atoms with Crippen molar-refractivity contribution in [2.24, 2.45) is 5.92 Å². The highest BCUT2D eigenvalue weighted by Crippen LogP contribution is 2.14. The molecule has 4 nitrogen and oxygen atoms in total. The van der Waals surface area contributed by atoms with Gasteiger partial charge in [0.15, 0.2) is 0 Å². The van der Waals surface area contributed by atoms with E-state index in [0.29, 0.717) is 6.54 Å². The quantitative estimate of drug-likeness (QED) is 0.763. The molecule has 0 radical (unpaired) electrons. The monoisotopic (exact) mass is 243 g/mol. The largest absolute Gasteiger partial charge is 0.340 e. The highest BCUT2D eigenvalue weighted by molar-refractivity contribution is 5.79. The van der Waals surface area contributed by atoms with Crippen LogP contribution in [0.25, 0.3) is 0 Å². The maximum absolute atomic E-state index is 12.2. The molecule has 2 heterocycles. The van der Waals surface area contributed by atoms with E-state index in [4.69, 9.17) is 0 Å². The predicted octanol–water partition coefficient (Wildman–Crippen LogP) is 0.0997. The number of nitrogens with one attached hydrogen (secondary N) is 1. The number of rotatable bonds is 3. The van der Waals surface area contributed by atoms with Gasteiger partial charge in [-0.15, -0.1) is 0 Å².